The highest BCUT2D eigenvalue weighted by molar-refractivity contribution is 8.00. The lowest BCUT2D eigenvalue weighted by atomic mass is 10.2. The summed E-state index contributed by atoms with van der Waals surface area (Å²) in [5.41, 5.74) is 6.43. The van der Waals surface area contributed by atoms with Gasteiger partial charge < -0.3 is 10.2 Å². The minimum absolute atomic E-state index is 0.458. The zero-order valence-electron chi connectivity index (χ0n) is 10.1. The van der Waals surface area contributed by atoms with Crippen LogP contribution >= 0.6 is 34.7 Å². The van der Waals surface area contributed by atoms with Gasteiger partial charge in [0.15, 0.2) is 10.1 Å². The fourth-order valence-corrected chi connectivity index (χ4v) is 3.23. The molecule has 0 atom stereocenters. The van der Waals surface area contributed by atoms with E-state index >= 15 is 0 Å². The molecule has 0 bridgehead atoms. The third-order valence-corrected chi connectivity index (χ3v) is 4.51. The van der Waals surface area contributed by atoms with Gasteiger partial charge in [-0.05, 0) is 12.1 Å². The number of oxazole rings is 1. The summed E-state index contributed by atoms with van der Waals surface area (Å²) in [6, 6.07) is 7.45. The highest BCUT2D eigenvalue weighted by Gasteiger charge is 2.09. The van der Waals surface area contributed by atoms with Gasteiger partial charge >= 0.3 is 0 Å². The van der Waals surface area contributed by atoms with Crippen molar-refractivity contribution in [1.29, 1.82) is 0 Å². The topological polar surface area (TPSA) is 77.8 Å². The first-order valence-electron chi connectivity index (χ1n) is 5.63. The number of aromatic nitrogens is 3. The Balaban J connectivity index is 1.70. The van der Waals surface area contributed by atoms with Crippen LogP contribution in [-0.2, 0) is 5.75 Å². The normalized spacial score (nSPS) is 10.8. The molecule has 102 valence electrons. The summed E-state index contributed by atoms with van der Waals surface area (Å²) < 4.78 is 6.48. The van der Waals surface area contributed by atoms with E-state index in [0.29, 0.717) is 27.6 Å². The third-order valence-electron chi connectivity index (χ3n) is 2.40. The highest BCUT2D eigenvalue weighted by Crippen LogP contribution is 2.29. The molecule has 8 heteroatoms. The van der Waals surface area contributed by atoms with E-state index in [4.69, 9.17) is 21.8 Å². The molecule has 0 saturated carbocycles. The van der Waals surface area contributed by atoms with Crippen molar-refractivity contribution in [2.75, 3.05) is 5.73 Å². The van der Waals surface area contributed by atoms with Crippen LogP contribution in [0.25, 0.3) is 11.3 Å². The van der Waals surface area contributed by atoms with Crippen molar-refractivity contribution in [1.82, 2.24) is 15.2 Å². The summed E-state index contributed by atoms with van der Waals surface area (Å²) in [7, 11) is 0. The van der Waals surface area contributed by atoms with Crippen molar-refractivity contribution in [3.05, 3.63) is 41.4 Å². The molecule has 0 aliphatic carbocycles. The Morgan fingerprint density at radius 1 is 1.35 bits per heavy atom. The average Bonchev–Trinajstić information content (AvgIpc) is 3.05. The van der Waals surface area contributed by atoms with Gasteiger partial charge in [0.05, 0.1) is 11.9 Å². The third kappa shape index (κ3) is 3.12. The predicted molar refractivity (Wildman–Crippen MR) is 80.8 cm³/mol. The molecule has 1 aromatic carbocycles. The lowest BCUT2D eigenvalue weighted by Crippen LogP contribution is -1.80. The number of anilines is 1. The molecule has 0 saturated heterocycles. The van der Waals surface area contributed by atoms with Crippen molar-refractivity contribution < 1.29 is 4.42 Å². The monoisotopic (exact) mass is 324 g/mol. The summed E-state index contributed by atoms with van der Waals surface area (Å²) in [4.78, 5) is 4.24. The minimum Gasteiger partial charge on any atom is -0.440 e. The number of hydrogen-bond donors (Lipinski definition) is 1. The molecule has 2 N–H and O–H groups in total. The second-order valence-electron chi connectivity index (χ2n) is 3.82. The molecule has 0 spiro atoms. The molecular weight excluding hydrogens is 316 g/mol. The SMILES string of the molecule is Nc1nnc(SCc2ncc(-c3cccc(Cl)c3)o2)s1. The van der Waals surface area contributed by atoms with Crippen LogP contribution in [0.5, 0.6) is 0 Å². The molecule has 0 fully saturated rings. The predicted octanol–water partition coefficient (Wildman–Crippen LogP) is 3.72. The quantitative estimate of drug-likeness (QED) is 0.737. The van der Waals surface area contributed by atoms with Crippen molar-refractivity contribution >= 4 is 39.8 Å². The fraction of sp³-hybridized carbons (Fsp3) is 0.0833. The smallest absolute Gasteiger partial charge is 0.205 e. The number of rotatable bonds is 4. The molecule has 3 aromatic rings. The molecule has 2 aromatic heterocycles. The van der Waals surface area contributed by atoms with E-state index in [-0.39, 0.29) is 0 Å². The van der Waals surface area contributed by atoms with Crippen LogP contribution in [0.1, 0.15) is 5.89 Å². The largest absolute Gasteiger partial charge is 0.440 e. The van der Waals surface area contributed by atoms with Crippen molar-refractivity contribution in [3.63, 3.8) is 0 Å². The van der Waals surface area contributed by atoms with Crippen LogP contribution in [-0.4, -0.2) is 15.2 Å². The van der Waals surface area contributed by atoms with Crippen LogP contribution in [0.15, 0.2) is 39.2 Å². The van der Waals surface area contributed by atoms with Crippen LogP contribution in [0, 0.1) is 0 Å². The zero-order valence-corrected chi connectivity index (χ0v) is 12.5. The van der Waals surface area contributed by atoms with Gasteiger partial charge in [-0.25, -0.2) is 4.98 Å². The molecule has 20 heavy (non-hydrogen) atoms. The van der Waals surface area contributed by atoms with Crippen LogP contribution in [0.3, 0.4) is 0 Å². The molecule has 0 amide bonds. The number of benzene rings is 1. The van der Waals surface area contributed by atoms with E-state index in [0.717, 1.165) is 9.90 Å². The Kier molecular flexibility index (Phi) is 3.90. The van der Waals surface area contributed by atoms with E-state index < -0.39 is 0 Å². The second-order valence-corrected chi connectivity index (χ2v) is 6.49. The lowest BCUT2D eigenvalue weighted by molar-refractivity contribution is 0.530. The second kappa shape index (κ2) is 5.82. The van der Waals surface area contributed by atoms with Gasteiger partial charge in [-0.1, -0.05) is 46.8 Å². The number of nitrogens with zero attached hydrogens (tertiary/aromatic N) is 3. The van der Waals surface area contributed by atoms with Crippen molar-refractivity contribution in [2.45, 2.75) is 10.1 Å². The Bertz CT molecular complexity index is 728. The molecule has 0 aliphatic heterocycles. The maximum absolute atomic E-state index is 5.95. The first-order chi connectivity index (χ1) is 9.70. The van der Waals surface area contributed by atoms with Gasteiger partial charge in [-0.3, -0.25) is 0 Å². The summed E-state index contributed by atoms with van der Waals surface area (Å²) in [6.45, 7) is 0. The first kappa shape index (κ1) is 13.4. The average molecular weight is 325 g/mol. The van der Waals surface area contributed by atoms with Gasteiger partial charge in [-0.2, -0.15) is 0 Å². The van der Waals surface area contributed by atoms with Crippen LogP contribution < -0.4 is 5.73 Å². The standard InChI is InChI=1S/C12H9ClN4OS2/c13-8-3-1-2-7(4-8)9-5-15-10(18-9)6-19-12-17-16-11(14)20-12/h1-5H,6H2,(H2,14,16). The van der Waals surface area contributed by atoms with E-state index in [1.807, 2.05) is 24.3 Å². The molecule has 5 nitrogen and oxygen atoms in total. The Hall–Kier alpha value is -1.57. The van der Waals surface area contributed by atoms with Crippen molar-refractivity contribution in [3.8, 4) is 11.3 Å². The maximum Gasteiger partial charge on any atom is 0.205 e. The van der Waals surface area contributed by atoms with Gasteiger partial charge in [0.2, 0.25) is 11.0 Å². The Morgan fingerprint density at radius 2 is 2.25 bits per heavy atom. The molecule has 0 radical (unpaired) electrons. The van der Waals surface area contributed by atoms with Gasteiger partial charge in [0.1, 0.15) is 0 Å². The number of nitrogens with two attached hydrogens (primary N) is 1. The molecular formula is C12H9ClN4OS2. The Morgan fingerprint density at radius 3 is 3.00 bits per heavy atom. The molecule has 2 heterocycles. The van der Waals surface area contributed by atoms with Gasteiger partial charge in [0.25, 0.3) is 0 Å². The number of thioether (sulfide) groups is 1. The molecule has 0 aliphatic rings. The van der Waals surface area contributed by atoms with Crippen molar-refractivity contribution in [2.24, 2.45) is 0 Å². The summed E-state index contributed by atoms with van der Waals surface area (Å²) in [6.07, 6.45) is 1.69. The number of halogens is 1. The van der Waals surface area contributed by atoms with Crippen LogP contribution in [0.2, 0.25) is 5.02 Å². The number of hydrogen-bond acceptors (Lipinski definition) is 7. The summed E-state index contributed by atoms with van der Waals surface area (Å²) in [5, 5.41) is 8.80. The zero-order chi connectivity index (χ0) is 13.9. The summed E-state index contributed by atoms with van der Waals surface area (Å²) in [5.74, 6) is 1.90. The first-order valence-corrected chi connectivity index (χ1v) is 7.81. The number of nitrogen functional groups attached to an aromatic ring is 1. The summed E-state index contributed by atoms with van der Waals surface area (Å²) >= 11 is 8.79. The Labute approximate surface area is 128 Å². The van der Waals surface area contributed by atoms with E-state index in [1.54, 1.807) is 6.20 Å². The van der Waals surface area contributed by atoms with E-state index in [2.05, 4.69) is 15.2 Å². The van der Waals surface area contributed by atoms with Crippen LogP contribution in [0.4, 0.5) is 5.13 Å². The van der Waals surface area contributed by atoms with Gasteiger partial charge in [0, 0.05) is 10.6 Å². The maximum atomic E-state index is 5.95. The minimum atomic E-state index is 0.458. The van der Waals surface area contributed by atoms with E-state index in [1.165, 1.54) is 23.1 Å². The fourth-order valence-electron chi connectivity index (χ4n) is 1.55. The van der Waals surface area contributed by atoms with Gasteiger partial charge in [-0.15, -0.1) is 10.2 Å². The highest BCUT2D eigenvalue weighted by atomic mass is 35.5. The van der Waals surface area contributed by atoms with E-state index in [9.17, 15) is 0 Å². The molecule has 0 unspecified atom stereocenters. The lowest BCUT2D eigenvalue weighted by Gasteiger charge is -1.96. The molecule has 3 rings (SSSR count).